The number of benzene rings is 3. The molecular weight excluding hydrogens is 504 g/mol. The SMILES string of the molecule is CN(C)C(=O)CCSC(c1cccc(/C=C/c2ccc3ccc(Cl)cc3n2)c1)c1cccc(C(=O)O)c1. The molecule has 0 radical (unpaired) electrons. The highest BCUT2D eigenvalue weighted by Crippen LogP contribution is 2.37. The Kier molecular flexibility index (Phi) is 8.64. The molecule has 0 aliphatic heterocycles. The molecule has 4 rings (SSSR count). The van der Waals surface area contributed by atoms with Crippen LogP contribution in [-0.4, -0.2) is 46.7 Å². The van der Waals surface area contributed by atoms with Crippen LogP contribution in [0, 0.1) is 0 Å². The maximum atomic E-state index is 12.1. The fraction of sp³-hybridized carbons (Fsp3) is 0.167. The molecule has 3 aromatic carbocycles. The molecule has 0 bridgehead atoms. The van der Waals surface area contributed by atoms with Gasteiger partial charge < -0.3 is 10.0 Å². The van der Waals surface area contributed by atoms with E-state index in [9.17, 15) is 14.7 Å². The molecule has 0 saturated heterocycles. The van der Waals surface area contributed by atoms with Crippen LogP contribution in [-0.2, 0) is 4.79 Å². The minimum atomic E-state index is -0.964. The summed E-state index contributed by atoms with van der Waals surface area (Å²) in [6.07, 6.45) is 4.37. The van der Waals surface area contributed by atoms with Crippen molar-refractivity contribution >= 4 is 58.3 Å². The summed E-state index contributed by atoms with van der Waals surface area (Å²) in [5.74, 6) is -0.288. The molecular formula is C30H27ClN2O3S. The van der Waals surface area contributed by atoms with E-state index in [-0.39, 0.29) is 16.7 Å². The van der Waals surface area contributed by atoms with Gasteiger partial charge >= 0.3 is 5.97 Å². The summed E-state index contributed by atoms with van der Waals surface area (Å²) in [6.45, 7) is 0. The maximum absolute atomic E-state index is 12.1. The van der Waals surface area contributed by atoms with Crippen LogP contribution in [0.5, 0.6) is 0 Å². The third kappa shape index (κ3) is 7.00. The summed E-state index contributed by atoms with van der Waals surface area (Å²) in [5, 5.41) is 11.1. The quantitative estimate of drug-likeness (QED) is 0.251. The number of pyridine rings is 1. The molecule has 0 aliphatic rings. The Labute approximate surface area is 225 Å². The van der Waals surface area contributed by atoms with Crippen molar-refractivity contribution in [3.8, 4) is 0 Å². The summed E-state index contributed by atoms with van der Waals surface area (Å²) in [6, 6.07) is 24.8. The normalized spacial score (nSPS) is 12.1. The zero-order valence-electron chi connectivity index (χ0n) is 20.6. The number of fused-ring (bicyclic) bond motifs is 1. The molecule has 1 unspecified atom stereocenters. The van der Waals surface area contributed by atoms with E-state index in [1.807, 2.05) is 66.7 Å². The number of carboxylic acid groups (broad SMARTS) is 1. The van der Waals surface area contributed by atoms with Crippen LogP contribution in [0.4, 0.5) is 0 Å². The Hall–Kier alpha value is -3.61. The van der Waals surface area contributed by atoms with E-state index in [1.165, 1.54) is 0 Å². The van der Waals surface area contributed by atoms with E-state index in [0.717, 1.165) is 33.3 Å². The topological polar surface area (TPSA) is 70.5 Å². The number of carbonyl (C=O) groups is 2. The van der Waals surface area contributed by atoms with Gasteiger partial charge in [-0.15, -0.1) is 11.8 Å². The molecule has 37 heavy (non-hydrogen) atoms. The lowest BCUT2D eigenvalue weighted by Crippen LogP contribution is -2.22. The third-order valence-corrected chi connectivity index (χ3v) is 7.42. The van der Waals surface area contributed by atoms with Crippen molar-refractivity contribution in [3.63, 3.8) is 0 Å². The zero-order valence-corrected chi connectivity index (χ0v) is 22.2. The van der Waals surface area contributed by atoms with Crippen LogP contribution in [0.1, 0.15) is 44.4 Å². The minimum Gasteiger partial charge on any atom is -0.478 e. The minimum absolute atomic E-state index is 0.0615. The van der Waals surface area contributed by atoms with Crippen molar-refractivity contribution in [1.82, 2.24) is 9.88 Å². The summed E-state index contributed by atoms with van der Waals surface area (Å²) in [4.78, 5) is 30.0. The number of hydrogen-bond acceptors (Lipinski definition) is 4. The maximum Gasteiger partial charge on any atom is 0.335 e. The molecule has 188 valence electrons. The molecule has 0 spiro atoms. The second-order valence-electron chi connectivity index (χ2n) is 8.80. The first-order valence-corrected chi connectivity index (χ1v) is 13.2. The van der Waals surface area contributed by atoms with E-state index in [2.05, 4.69) is 11.1 Å². The van der Waals surface area contributed by atoms with Gasteiger partial charge in [0.25, 0.3) is 0 Å². The largest absolute Gasteiger partial charge is 0.478 e. The van der Waals surface area contributed by atoms with Gasteiger partial charge in [0.1, 0.15) is 0 Å². The molecule has 4 aromatic rings. The predicted octanol–water partition coefficient (Wildman–Crippen LogP) is 7.06. The van der Waals surface area contributed by atoms with Crippen LogP contribution < -0.4 is 0 Å². The Morgan fingerprint density at radius 1 is 0.973 bits per heavy atom. The van der Waals surface area contributed by atoms with Crippen LogP contribution in [0.2, 0.25) is 5.02 Å². The second-order valence-corrected chi connectivity index (χ2v) is 10.4. The summed E-state index contributed by atoms with van der Waals surface area (Å²) in [5.41, 5.74) is 4.82. The highest BCUT2D eigenvalue weighted by molar-refractivity contribution is 7.99. The van der Waals surface area contributed by atoms with E-state index in [1.54, 1.807) is 49.0 Å². The van der Waals surface area contributed by atoms with Gasteiger partial charge in [-0.25, -0.2) is 9.78 Å². The van der Waals surface area contributed by atoms with Gasteiger partial charge in [0.15, 0.2) is 0 Å². The number of amides is 1. The summed E-state index contributed by atoms with van der Waals surface area (Å²) >= 11 is 7.75. The van der Waals surface area contributed by atoms with Crippen molar-refractivity contribution in [2.45, 2.75) is 11.7 Å². The van der Waals surface area contributed by atoms with Crippen molar-refractivity contribution < 1.29 is 14.7 Å². The van der Waals surface area contributed by atoms with Gasteiger partial charge in [0, 0.05) is 36.7 Å². The van der Waals surface area contributed by atoms with E-state index in [4.69, 9.17) is 11.6 Å². The van der Waals surface area contributed by atoms with E-state index >= 15 is 0 Å². The number of nitrogens with zero attached hydrogens (tertiary/aromatic N) is 2. The predicted molar refractivity (Wildman–Crippen MR) is 153 cm³/mol. The molecule has 0 aliphatic carbocycles. The first-order chi connectivity index (χ1) is 17.8. The number of hydrogen-bond donors (Lipinski definition) is 1. The highest BCUT2D eigenvalue weighted by atomic mass is 35.5. The fourth-order valence-electron chi connectivity index (χ4n) is 3.91. The van der Waals surface area contributed by atoms with E-state index in [0.29, 0.717) is 17.2 Å². The Morgan fingerprint density at radius 3 is 2.46 bits per heavy atom. The lowest BCUT2D eigenvalue weighted by Gasteiger charge is -2.19. The van der Waals surface area contributed by atoms with Crippen LogP contribution >= 0.6 is 23.4 Å². The lowest BCUT2D eigenvalue weighted by molar-refractivity contribution is -0.128. The molecule has 1 atom stereocenters. The van der Waals surface area contributed by atoms with Crippen molar-refractivity contribution in [2.24, 2.45) is 0 Å². The van der Waals surface area contributed by atoms with Gasteiger partial charge in [-0.2, -0.15) is 0 Å². The Morgan fingerprint density at radius 2 is 1.70 bits per heavy atom. The molecule has 0 fully saturated rings. The van der Waals surface area contributed by atoms with Crippen molar-refractivity contribution in [1.29, 1.82) is 0 Å². The molecule has 1 heterocycles. The number of carbonyl (C=O) groups excluding carboxylic acids is 1. The van der Waals surface area contributed by atoms with Crippen LogP contribution in [0.15, 0.2) is 78.9 Å². The molecule has 1 aromatic heterocycles. The van der Waals surface area contributed by atoms with Gasteiger partial charge in [-0.1, -0.05) is 66.2 Å². The summed E-state index contributed by atoms with van der Waals surface area (Å²) in [7, 11) is 3.49. The van der Waals surface area contributed by atoms with Crippen LogP contribution in [0.3, 0.4) is 0 Å². The molecule has 1 amide bonds. The highest BCUT2D eigenvalue weighted by Gasteiger charge is 2.18. The smallest absolute Gasteiger partial charge is 0.335 e. The van der Waals surface area contributed by atoms with Gasteiger partial charge in [-0.05, 0) is 53.1 Å². The average molecular weight is 531 g/mol. The van der Waals surface area contributed by atoms with Gasteiger partial charge in [-0.3, -0.25) is 4.79 Å². The first kappa shape index (κ1) is 26.5. The van der Waals surface area contributed by atoms with Crippen LogP contribution in [0.25, 0.3) is 23.1 Å². The van der Waals surface area contributed by atoms with Crippen molar-refractivity contribution in [2.75, 3.05) is 19.8 Å². The summed E-state index contributed by atoms with van der Waals surface area (Å²) < 4.78 is 0. The van der Waals surface area contributed by atoms with Gasteiger partial charge in [0.05, 0.1) is 22.0 Å². The fourth-order valence-corrected chi connectivity index (χ4v) is 5.29. The monoisotopic (exact) mass is 530 g/mol. The molecule has 0 saturated carbocycles. The second kappa shape index (κ2) is 12.1. The molecule has 1 N–H and O–H groups in total. The van der Waals surface area contributed by atoms with Gasteiger partial charge in [0.2, 0.25) is 5.91 Å². The first-order valence-electron chi connectivity index (χ1n) is 11.8. The third-order valence-electron chi connectivity index (χ3n) is 5.87. The number of carboxylic acids is 1. The standard InChI is InChI=1S/C30H27ClN2O3S/c1-33(2)28(34)15-16-37-29(23-7-4-8-24(18-23)30(35)36)22-6-3-5-20(17-22)9-13-26-14-11-21-10-12-25(31)19-27(21)32-26/h3-14,17-19,29H,15-16H2,1-2H3,(H,35,36)/b13-9+. The molecule has 5 nitrogen and oxygen atoms in total. The zero-order chi connectivity index (χ0) is 26.4. The van der Waals surface area contributed by atoms with E-state index < -0.39 is 5.97 Å². The number of rotatable bonds is 9. The van der Waals surface area contributed by atoms with Crippen molar-refractivity contribution in [3.05, 3.63) is 112 Å². The number of thioether (sulfide) groups is 1. The average Bonchev–Trinajstić information content (AvgIpc) is 2.89. The molecule has 7 heteroatoms. The number of aromatic carboxylic acids is 1. The number of halogens is 1. The Bertz CT molecular complexity index is 1470. The lowest BCUT2D eigenvalue weighted by atomic mass is 10.00. The number of aromatic nitrogens is 1. The Balaban J connectivity index is 1.61.